The topological polar surface area (TPSA) is 76.6 Å². The van der Waals surface area contributed by atoms with Gasteiger partial charge < -0.3 is 19.3 Å². The number of aryl methyl sites for hydroxylation is 1. The highest BCUT2D eigenvalue weighted by Crippen LogP contribution is 2.41. The van der Waals surface area contributed by atoms with Gasteiger partial charge in [0.25, 0.3) is 0 Å². The summed E-state index contributed by atoms with van der Waals surface area (Å²) in [7, 11) is 1.62. The number of rotatable bonds is 5. The van der Waals surface area contributed by atoms with Gasteiger partial charge in [0.15, 0.2) is 11.5 Å². The Balaban J connectivity index is 1.79. The molecule has 0 atom stereocenters. The second-order valence-corrected chi connectivity index (χ2v) is 6.45. The molecule has 6 heteroatoms. The number of aromatic hydroxyl groups is 1. The monoisotopic (exact) mass is 366 g/mol. The van der Waals surface area contributed by atoms with E-state index in [4.69, 9.17) is 14.2 Å². The van der Waals surface area contributed by atoms with Crippen LogP contribution < -0.4 is 14.2 Å². The summed E-state index contributed by atoms with van der Waals surface area (Å²) in [5, 5.41) is 17.8. The van der Waals surface area contributed by atoms with E-state index in [1.807, 2.05) is 24.3 Å². The molecule has 1 aromatic heterocycles. The first kappa shape index (κ1) is 17.3. The molecule has 0 aliphatic carbocycles. The summed E-state index contributed by atoms with van der Waals surface area (Å²) in [5.74, 6) is 2.30. The molecule has 4 rings (SSSR count). The molecule has 0 bridgehead atoms. The van der Waals surface area contributed by atoms with Crippen molar-refractivity contribution in [2.24, 2.45) is 0 Å². The van der Waals surface area contributed by atoms with Gasteiger partial charge in [-0.15, -0.1) is 0 Å². The number of aromatic amines is 1. The average Bonchev–Trinajstić information content (AvgIpc) is 3.18. The summed E-state index contributed by atoms with van der Waals surface area (Å²) in [6, 6.07) is 9.43. The van der Waals surface area contributed by atoms with E-state index in [0.29, 0.717) is 24.5 Å². The highest BCUT2D eigenvalue weighted by molar-refractivity contribution is 5.84. The zero-order valence-corrected chi connectivity index (χ0v) is 15.4. The summed E-state index contributed by atoms with van der Waals surface area (Å²) in [6.07, 6.45) is 3.60. The molecular formula is C21H22N2O4. The number of phenols is 1. The quantitative estimate of drug-likeness (QED) is 0.708. The van der Waals surface area contributed by atoms with Crippen molar-refractivity contribution < 1.29 is 19.3 Å². The lowest BCUT2D eigenvalue weighted by atomic mass is 9.97. The lowest BCUT2D eigenvalue weighted by Crippen LogP contribution is -2.15. The molecular weight excluding hydrogens is 344 g/mol. The lowest BCUT2D eigenvalue weighted by Gasteiger charge is -2.19. The Labute approximate surface area is 157 Å². The van der Waals surface area contributed by atoms with Crippen molar-refractivity contribution in [1.82, 2.24) is 10.2 Å². The van der Waals surface area contributed by atoms with Crippen LogP contribution in [-0.4, -0.2) is 35.6 Å². The molecule has 0 amide bonds. The van der Waals surface area contributed by atoms with Crippen molar-refractivity contribution in [3.8, 4) is 45.4 Å². The molecule has 0 saturated heterocycles. The number of nitrogens with zero attached hydrogens (tertiary/aromatic N) is 1. The van der Waals surface area contributed by atoms with E-state index in [1.54, 1.807) is 19.4 Å². The van der Waals surface area contributed by atoms with Crippen LogP contribution >= 0.6 is 0 Å². The van der Waals surface area contributed by atoms with Crippen LogP contribution in [0.4, 0.5) is 0 Å². The summed E-state index contributed by atoms with van der Waals surface area (Å²) in [4.78, 5) is 0. The Hall–Kier alpha value is -3.15. The Kier molecular flexibility index (Phi) is 4.62. The molecule has 2 N–H and O–H groups in total. The molecule has 0 unspecified atom stereocenters. The second kappa shape index (κ2) is 7.23. The minimum Gasteiger partial charge on any atom is -0.507 e. The summed E-state index contributed by atoms with van der Waals surface area (Å²) < 4.78 is 16.7. The Morgan fingerprint density at radius 1 is 1.11 bits per heavy atom. The normalized spacial score (nSPS) is 12.8. The van der Waals surface area contributed by atoms with Crippen LogP contribution in [0.1, 0.15) is 18.9 Å². The third kappa shape index (κ3) is 3.18. The predicted octanol–water partition coefficient (Wildman–Crippen LogP) is 4.18. The van der Waals surface area contributed by atoms with Crippen molar-refractivity contribution in [2.75, 3.05) is 20.3 Å². The molecule has 0 spiro atoms. The van der Waals surface area contributed by atoms with Gasteiger partial charge in [-0.1, -0.05) is 19.4 Å². The molecule has 0 saturated carbocycles. The molecule has 27 heavy (non-hydrogen) atoms. The van der Waals surface area contributed by atoms with Gasteiger partial charge in [0.2, 0.25) is 0 Å². The minimum absolute atomic E-state index is 0.148. The molecule has 140 valence electrons. The Morgan fingerprint density at radius 3 is 2.70 bits per heavy atom. The number of H-pyrrole nitrogens is 1. The van der Waals surface area contributed by atoms with Crippen LogP contribution in [0.2, 0.25) is 0 Å². The second-order valence-electron chi connectivity index (χ2n) is 6.45. The van der Waals surface area contributed by atoms with Crippen molar-refractivity contribution in [2.45, 2.75) is 19.8 Å². The fraction of sp³-hybridized carbons (Fsp3) is 0.286. The van der Waals surface area contributed by atoms with Crippen LogP contribution in [0, 0.1) is 0 Å². The lowest BCUT2D eigenvalue weighted by molar-refractivity contribution is 0.171. The number of phenolic OH excluding ortho intramolecular Hbond substituents is 1. The third-order valence-electron chi connectivity index (χ3n) is 4.68. The molecule has 2 heterocycles. The maximum atomic E-state index is 10.6. The summed E-state index contributed by atoms with van der Waals surface area (Å²) in [5.41, 5.74) is 4.33. The number of ether oxygens (including phenoxy) is 3. The van der Waals surface area contributed by atoms with E-state index in [1.165, 1.54) is 0 Å². The van der Waals surface area contributed by atoms with E-state index >= 15 is 0 Å². The maximum absolute atomic E-state index is 10.6. The van der Waals surface area contributed by atoms with Gasteiger partial charge in [0.05, 0.1) is 19.0 Å². The van der Waals surface area contributed by atoms with Gasteiger partial charge in [-0.25, -0.2) is 0 Å². The van der Waals surface area contributed by atoms with Crippen LogP contribution in [0.15, 0.2) is 36.5 Å². The molecule has 0 radical (unpaired) electrons. The third-order valence-corrected chi connectivity index (χ3v) is 4.68. The summed E-state index contributed by atoms with van der Waals surface area (Å²) >= 11 is 0. The molecule has 1 aliphatic heterocycles. The number of hydrogen-bond acceptors (Lipinski definition) is 5. The number of hydrogen-bond donors (Lipinski definition) is 2. The standard InChI is InChI=1S/C21H22N2O4/c1-3-4-14-9-15(17(24)11-19(14)25-2)21-16(12-22-23-21)13-5-6-18-20(10-13)27-8-7-26-18/h5-6,9-12,24H,3-4,7-8H2,1-2H3,(H,22,23). The number of aromatic nitrogens is 2. The van der Waals surface area contributed by atoms with Crippen LogP contribution in [0.3, 0.4) is 0 Å². The van der Waals surface area contributed by atoms with Crippen molar-refractivity contribution in [3.05, 3.63) is 42.1 Å². The van der Waals surface area contributed by atoms with Gasteiger partial charge >= 0.3 is 0 Å². The SMILES string of the molecule is CCCc1cc(-c2[nH]ncc2-c2ccc3c(c2)OCCO3)c(O)cc1OC. The van der Waals surface area contributed by atoms with E-state index < -0.39 is 0 Å². The van der Waals surface area contributed by atoms with E-state index in [0.717, 1.165) is 46.7 Å². The molecule has 1 aliphatic rings. The fourth-order valence-corrected chi connectivity index (χ4v) is 3.39. The zero-order chi connectivity index (χ0) is 18.8. The van der Waals surface area contributed by atoms with Crippen molar-refractivity contribution in [1.29, 1.82) is 0 Å². The van der Waals surface area contributed by atoms with Gasteiger partial charge in [-0.2, -0.15) is 5.10 Å². The van der Waals surface area contributed by atoms with E-state index in [9.17, 15) is 5.11 Å². The molecule has 0 fully saturated rings. The van der Waals surface area contributed by atoms with Crippen LogP contribution in [-0.2, 0) is 6.42 Å². The molecule has 6 nitrogen and oxygen atoms in total. The molecule has 2 aromatic carbocycles. The largest absolute Gasteiger partial charge is 0.507 e. The maximum Gasteiger partial charge on any atom is 0.161 e. The average molecular weight is 366 g/mol. The fourth-order valence-electron chi connectivity index (χ4n) is 3.39. The number of nitrogens with one attached hydrogen (secondary N) is 1. The number of fused-ring (bicyclic) bond motifs is 1. The Bertz CT molecular complexity index is 965. The van der Waals surface area contributed by atoms with Gasteiger partial charge in [0.1, 0.15) is 24.7 Å². The zero-order valence-electron chi connectivity index (χ0n) is 15.4. The summed E-state index contributed by atoms with van der Waals surface area (Å²) in [6.45, 7) is 3.21. The Morgan fingerprint density at radius 2 is 1.93 bits per heavy atom. The first-order chi connectivity index (χ1) is 13.2. The van der Waals surface area contributed by atoms with Gasteiger partial charge in [0, 0.05) is 17.2 Å². The first-order valence-electron chi connectivity index (χ1n) is 9.05. The highest BCUT2D eigenvalue weighted by atomic mass is 16.6. The van der Waals surface area contributed by atoms with Gasteiger partial charge in [-0.05, 0) is 35.7 Å². The first-order valence-corrected chi connectivity index (χ1v) is 9.05. The van der Waals surface area contributed by atoms with Gasteiger partial charge in [-0.3, -0.25) is 5.10 Å². The minimum atomic E-state index is 0.148. The number of benzene rings is 2. The van der Waals surface area contributed by atoms with Crippen molar-refractivity contribution >= 4 is 0 Å². The van der Waals surface area contributed by atoms with Crippen LogP contribution in [0.5, 0.6) is 23.0 Å². The highest BCUT2D eigenvalue weighted by Gasteiger charge is 2.19. The molecule has 3 aromatic rings. The smallest absolute Gasteiger partial charge is 0.161 e. The number of methoxy groups -OCH3 is 1. The van der Waals surface area contributed by atoms with E-state index in [2.05, 4.69) is 17.1 Å². The van der Waals surface area contributed by atoms with Crippen molar-refractivity contribution in [3.63, 3.8) is 0 Å². The van der Waals surface area contributed by atoms with Crippen LogP contribution in [0.25, 0.3) is 22.4 Å². The van der Waals surface area contributed by atoms with E-state index in [-0.39, 0.29) is 5.75 Å². The predicted molar refractivity (Wildman–Crippen MR) is 103 cm³/mol.